The molecule has 0 saturated carbocycles. The molecule has 0 radical (unpaired) electrons. The number of fused-ring (bicyclic) bond motifs is 6. The summed E-state index contributed by atoms with van der Waals surface area (Å²) in [4.78, 5) is 0. The van der Waals surface area contributed by atoms with Crippen LogP contribution in [0.4, 0.5) is 0 Å². The minimum atomic E-state index is 0.0333. The van der Waals surface area contributed by atoms with Crippen molar-refractivity contribution in [3.63, 3.8) is 0 Å². The molecule has 2 unspecified atom stereocenters. The Morgan fingerprint density at radius 3 is 2.27 bits per heavy atom. The van der Waals surface area contributed by atoms with Crippen LogP contribution in [0.2, 0.25) is 0 Å². The summed E-state index contributed by atoms with van der Waals surface area (Å²) in [5.41, 5.74) is 16.5. The van der Waals surface area contributed by atoms with Crippen molar-refractivity contribution in [2.45, 2.75) is 78.1 Å². The monoisotopic (exact) mass is 432 g/mol. The Morgan fingerprint density at radius 1 is 0.758 bits per heavy atom. The molecule has 3 aliphatic carbocycles. The summed E-state index contributed by atoms with van der Waals surface area (Å²) < 4.78 is 0. The van der Waals surface area contributed by atoms with Crippen molar-refractivity contribution in [2.75, 3.05) is 0 Å². The second-order valence-electron chi connectivity index (χ2n) is 12.0. The zero-order valence-electron chi connectivity index (χ0n) is 21.3. The fraction of sp³-hybridized carbons (Fsp3) is 0.394. The minimum absolute atomic E-state index is 0.0333. The number of hydrogen-bond acceptors (Lipinski definition) is 0. The average molecular weight is 433 g/mol. The smallest absolute Gasteiger partial charge is 0.0159 e. The van der Waals surface area contributed by atoms with Crippen molar-refractivity contribution in [1.82, 2.24) is 0 Å². The fourth-order valence-electron chi connectivity index (χ4n) is 7.30. The molecule has 0 bridgehead atoms. The van der Waals surface area contributed by atoms with Crippen LogP contribution in [0.3, 0.4) is 0 Å². The normalized spacial score (nSPS) is 23.4. The van der Waals surface area contributed by atoms with Gasteiger partial charge in [0.05, 0.1) is 0 Å². The number of rotatable bonds is 1. The maximum Gasteiger partial charge on any atom is 0.0159 e. The number of benzene rings is 3. The summed E-state index contributed by atoms with van der Waals surface area (Å²) in [6, 6.07) is 18.8. The Labute approximate surface area is 199 Å². The van der Waals surface area contributed by atoms with E-state index in [1.807, 2.05) is 0 Å². The van der Waals surface area contributed by atoms with Crippen LogP contribution in [0.25, 0.3) is 22.3 Å². The Kier molecular flexibility index (Phi) is 4.27. The molecule has 3 aromatic carbocycles. The van der Waals surface area contributed by atoms with E-state index in [1.54, 1.807) is 16.7 Å². The molecular weight excluding hydrogens is 396 g/mol. The molecule has 168 valence electrons. The highest BCUT2D eigenvalue weighted by Gasteiger charge is 2.46. The highest BCUT2D eigenvalue weighted by molar-refractivity contribution is 5.89. The summed E-state index contributed by atoms with van der Waals surface area (Å²) in [6.07, 6.45) is 5.10. The quantitative estimate of drug-likeness (QED) is 0.336. The Morgan fingerprint density at radius 2 is 1.52 bits per heavy atom. The van der Waals surface area contributed by atoms with Crippen LogP contribution in [0.1, 0.15) is 86.8 Å². The molecule has 6 rings (SSSR count). The van der Waals surface area contributed by atoms with Gasteiger partial charge in [-0.15, -0.1) is 0 Å². The van der Waals surface area contributed by atoms with Crippen molar-refractivity contribution in [1.29, 1.82) is 0 Å². The van der Waals surface area contributed by atoms with Crippen molar-refractivity contribution in [3.8, 4) is 22.3 Å². The minimum Gasteiger partial charge on any atom is -0.0836 e. The molecule has 0 spiro atoms. The van der Waals surface area contributed by atoms with Crippen LogP contribution >= 0.6 is 0 Å². The Balaban J connectivity index is 1.61. The maximum atomic E-state index is 2.61. The van der Waals surface area contributed by atoms with Crippen LogP contribution in [0.5, 0.6) is 0 Å². The third kappa shape index (κ3) is 2.70. The predicted molar refractivity (Wildman–Crippen MR) is 141 cm³/mol. The number of allylic oxidation sites excluding steroid dienone is 2. The summed E-state index contributed by atoms with van der Waals surface area (Å²) in [5.74, 6) is 1.38. The third-order valence-corrected chi connectivity index (χ3v) is 9.23. The first-order valence-electron chi connectivity index (χ1n) is 12.7. The van der Waals surface area contributed by atoms with E-state index >= 15 is 0 Å². The topological polar surface area (TPSA) is 0 Å². The van der Waals surface area contributed by atoms with Gasteiger partial charge in [-0.3, -0.25) is 0 Å². The van der Waals surface area contributed by atoms with E-state index in [0.717, 1.165) is 5.92 Å². The molecule has 0 nitrogen and oxygen atoms in total. The Bertz CT molecular complexity index is 1340. The first kappa shape index (κ1) is 21.0. The van der Waals surface area contributed by atoms with Crippen molar-refractivity contribution < 1.29 is 0 Å². The van der Waals surface area contributed by atoms with Gasteiger partial charge in [0.15, 0.2) is 0 Å². The molecule has 2 atom stereocenters. The van der Waals surface area contributed by atoms with Gasteiger partial charge in [-0.1, -0.05) is 88.7 Å². The van der Waals surface area contributed by atoms with Crippen LogP contribution in [-0.2, 0) is 10.8 Å². The van der Waals surface area contributed by atoms with Crippen LogP contribution < -0.4 is 0 Å². The molecule has 3 aromatic rings. The van der Waals surface area contributed by atoms with Gasteiger partial charge >= 0.3 is 0 Å². The fourth-order valence-corrected chi connectivity index (χ4v) is 7.30. The molecule has 0 heteroatoms. The SMILES string of the molecule is Cc1ccccc1-c1ccc2c(c1C)-c1cc3c(cc1C2(C)C)C1CC(C)CC=C1C3(C)C. The lowest BCUT2D eigenvalue weighted by atomic mass is 9.75. The largest absolute Gasteiger partial charge is 0.0836 e. The lowest BCUT2D eigenvalue weighted by Gasteiger charge is -2.29. The summed E-state index contributed by atoms with van der Waals surface area (Å²) in [5, 5.41) is 0. The van der Waals surface area contributed by atoms with Crippen molar-refractivity contribution in [3.05, 3.63) is 93.6 Å². The molecule has 0 fully saturated rings. The standard InChI is InChI=1S/C33H36/c1-19-12-14-27-24(16-19)25-17-30-26(18-29(25)32(27,4)5)31-21(3)23(13-15-28(31)33(30,6)7)22-11-9-8-10-20(22)2/h8-11,13-15,17-19,24H,12,16H2,1-7H3. The summed E-state index contributed by atoms with van der Waals surface area (Å²) >= 11 is 0. The van der Waals surface area contributed by atoms with E-state index in [1.165, 1.54) is 57.3 Å². The molecular formula is C33H36. The maximum absolute atomic E-state index is 2.61. The lowest BCUT2D eigenvalue weighted by molar-refractivity contribution is 0.455. The van der Waals surface area contributed by atoms with Gasteiger partial charge in [0, 0.05) is 16.7 Å². The van der Waals surface area contributed by atoms with E-state index < -0.39 is 0 Å². The zero-order valence-corrected chi connectivity index (χ0v) is 21.3. The zero-order chi connectivity index (χ0) is 23.3. The van der Waals surface area contributed by atoms with Gasteiger partial charge in [-0.25, -0.2) is 0 Å². The van der Waals surface area contributed by atoms with Crippen LogP contribution in [-0.4, -0.2) is 0 Å². The second kappa shape index (κ2) is 6.72. The molecule has 0 amide bonds. The molecule has 0 aromatic heterocycles. The van der Waals surface area contributed by atoms with E-state index in [0.29, 0.717) is 5.92 Å². The molecule has 3 aliphatic rings. The van der Waals surface area contributed by atoms with E-state index in [2.05, 4.69) is 103 Å². The van der Waals surface area contributed by atoms with E-state index in [-0.39, 0.29) is 10.8 Å². The summed E-state index contributed by atoms with van der Waals surface area (Å²) in [7, 11) is 0. The van der Waals surface area contributed by atoms with Gasteiger partial charge in [0.1, 0.15) is 0 Å². The molecule has 0 aliphatic heterocycles. The van der Waals surface area contributed by atoms with Crippen molar-refractivity contribution >= 4 is 0 Å². The Hall–Kier alpha value is -2.60. The number of aryl methyl sites for hydroxylation is 1. The highest BCUT2D eigenvalue weighted by Crippen LogP contribution is 2.59. The summed E-state index contributed by atoms with van der Waals surface area (Å²) in [6.45, 7) is 16.8. The predicted octanol–water partition coefficient (Wildman–Crippen LogP) is 9.01. The second-order valence-corrected chi connectivity index (χ2v) is 12.0. The van der Waals surface area contributed by atoms with E-state index in [4.69, 9.17) is 0 Å². The third-order valence-electron chi connectivity index (χ3n) is 9.23. The van der Waals surface area contributed by atoms with Gasteiger partial charge < -0.3 is 0 Å². The van der Waals surface area contributed by atoms with Gasteiger partial charge in [0.2, 0.25) is 0 Å². The lowest BCUT2D eigenvalue weighted by Crippen LogP contribution is -2.19. The van der Waals surface area contributed by atoms with Gasteiger partial charge in [-0.05, 0) is 94.3 Å². The van der Waals surface area contributed by atoms with Gasteiger partial charge in [0.25, 0.3) is 0 Å². The molecule has 33 heavy (non-hydrogen) atoms. The number of hydrogen-bond donors (Lipinski definition) is 0. The first-order valence-corrected chi connectivity index (χ1v) is 12.7. The van der Waals surface area contributed by atoms with E-state index in [9.17, 15) is 0 Å². The van der Waals surface area contributed by atoms with Crippen molar-refractivity contribution in [2.24, 2.45) is 5.92 Å². The first-order chi connectivity index (χ1) is 15.6. The molecule has 0 saturated heterocycles. The van der Waals surface area contributed by atoms with Crippen LogP contribution in [0, 0.1) is 19.8 Å². The molecule has 0 heterocycles. The average Bonchev–Trinajstić information content (AvgIpc) is 3.13. The molecule has 0 N–H and O–H groups in total. The van der Waals surface area contributed by atoms with Gasteiger partial charge in [-0.2, -0.15) is 0 Å². The van der Waals surface area contributed by atoms with Crippen LogP contribution in [0.15, 0.2) is 60.2 Å². The highest BCUT2D eigenvalue weighted by atomic mass is 14.5.